The van der Waals surface area contributed by atoms with Crippen LogP contribution in [0.1, 0.15) is 30.9 Å². The Bertz CT molecular complexity index is 1050. The zero-order valence-corrected chi connectivity index (χ0v) is 21.4. The number of carbonyl (C=O) groups is 3. The van der Waals surface area contributed by atoms with Crippen molar-refractivity contribution in [2.75, 3.05) is 13.2 Å². The predicted molar refractivity (Wildman–Crippen MR) is 134 cm³/mol. The molecule has 1 heterocycles. The summed E-state index contributed by atoms with van der Waals surface area (Å²) >= 11 is 0. The number of hydrogen-bond acceptors (Lipinski definition) is 7. The molecule has 3 rings (SSSR count). The van der Waals surface area contributed by atoms with E-state index in [1.807, 2.05) is 36.4 Å². The third kappa shape index (κ3) is 8.21. The summed E-state index contributed by atoms with van der Waals surface area (Å²) < 4.78 is 25.0. The minimum absolute atomic E-state index is 0.0205. The highest BCUT2D eigenvalue weighted by Gasteiger charge is 2.39. The van der Waals surface area contributed by atoms with Gasteiger partial charge in [-0.2, -0.15) is 0 Å². The van der Waals surface area contributed by atoms with Crippen LogP contribution in [0.15, 0.2) is 60.7 Å². The second kappa shape index (κ2) is 13.5. The zero-order chi connectivity index (χ0) is 26.8. The van der Waals surface area contributed by atoms with Gasteiger partial charge in [0.1, 0.15) is 12.1 Å². The van der Waals surface area contributed by atoms with Gasteiger partial charge in [-0.15, -0.1) is 0 Å². The van der Waals surface area contributed by atoms with Gasteiger partial charge < -0.3 is 20.4 Å². The Hall–Kier alpha value is -3.08. The van der Waals surface area contributed by atoms with Gasteiger partial charge in [0.15, 0.2) is 0 Å². The molecule has 1 saturated heterocycles. The van der Waals surface area contributed by atoms with Gasteiger partial charge in [-0.25, -0.2) is 14.4 Å². The molecule has 12 heteroatoms. The molecule has 3 atom stereocenters. The molecule has 11 nitrogen and oxygen atoms in total. The number of rotatable bonds is 13. The Morgan fingerprint density at radius 1 is 1.03 bits per heavy atom. The van der Waals surface area contributed by atoms with Crippen LogP contribution in [0, 0.1) is 0 Å². The lowest BCUT2D eigenvalue weighted by Crippen LogP contribution is -2.54. The molecule has 3 unspecified atom stereocenters. The first-order valence-corrected chi connectivity index (χ1v) is 13.5. The van der Waals surface area contributed by atoms with Gasteiger partial charge in [-0.05, 0) is 30.9 Å². The van der Waals surface area contributed by atoms with Crippen molar-refractivity contribution < 1.29 is 38.2 Å². The minimum Gasteiger partial charge on any atom is -0.480 e. The summed E-state index contributed by atoms with van der Waals surface area (Å²) in [6.07, 6.45) is 0.856. The smallest absolute Gasteiger partial charge is 0.406 e. The maximum absolute atomic E-state index is 13.7. The topological polar surface area (TPSA) is 154 Å². The van der Waals surface area contributed by atoms with E-state index in [1.165, 1.54) is 11.8 Å². The van der Waals surface area contributed by atoms with E-state index in [9.17, 15) is 24.1 Å². The molecule has 1 aliphatic rings. The summed E-state index contributed by atoms with van der Waals surface area (Å²) in [5, 5.41) is 23.2. The first kappa shape index (κ1) is 28.5. The molecule has 2 aromatic carbocycles. The van der Waals surface area contributed by atoms with E-state index in [1.54, 1.807) is 24.3 Å². The fourth-order valence-corrected chi connectivity index (χ4v) is 5.32. The van der Waals surface area contributed by atoms with E-state index in [4.69, 9.17) is 14.2 Å². The van der Waals surface area contributed by atoms with E-state index >= 15 is 0 Å². The number of carbonyl (C=O) groups excluding carboxylic acids is 2. The van der Waals surface area contributed by atoms with Crippen LogP contribution in [0.25, 0.3) is 0 Å². The average Bonchev–Trinajstić information content (AvgIpc) is 3.40. The molecular formula is C25H32N3O8P. The van der Waals surface area contributed by atoms with Crippen molar-refractivity contribution in [2.45, 2.75) is 51.1 Å². The summed E-state index contributed by atoms with van der Waals surface area (Å²) in [4.78, 5) is 38.4. The Balaban J connectivity index is 1.69. The third-order valence-corrected chi connectivity index (χ3v) is 7.49. The third-order valence-electron chi connectivity index (χ3n) is 5.85. The van der Waals surface area contributed by atoms with E-state index < -0.39 is 50.3 Å². The largest absolute Gasteiger partial charge is 0.480 e. The summed E-state index contributed by atoms with van der Waals surface area (Å²) in [7, 11) is -3.99. The SMILES string of the molecule is CC(NP(=O)(OCc1ccccc1)OCc1ccccc1)C(=O)N1CCCC1C(=O)NC(CO)C(=O)O. The fourth-order valence-electron chi connectivity index (χ4n) is 3.88. The second-order valence-corrected chi connectivity index (χ2v) is 10.4. The van der Waals surface area contributed by atoms with Crippen molar-refractivity contribution in [3.05, 3.63) is 71.8 Å². The maximum atomic E-state index is 13.7. The van der Waals surface area contributed by atoms with Crippen LogP contribution in [-0.4, -0.2) is 64.2 Å². The van der Waals surface area contributed by atoms with Crippen LogP contribution < -0.4 is 10.4 Å². The number of likely N-dealkylation sites (tertiary alicyclic amines) is 1. The number of nitrogens with one attached hydrogen (secondary N) is 2. The molecule has 37 heavy (non-hydrogen) atoms. The lowest BCUT2D eigenvalue weighted by molar-refractivity contribution is -0.145. The Labute approximate surface area is 215 Å². The fraction of sp³-hybridized carbons (Fsp3) is 0.400. The van der Waals surface area contributed by atoms with E-state index in [2.05, 4.69) is 10.4 Å². The van der Waals surface area contributed by atoms with E-state index in [0.717, 1.165) is 11.1 Å². The lowest BCUT2D eigenvalue weighted by atomic mass is 10.1. The molecule has 200 valence electrons. The van der Waals surface area contributed by atoms with E-state index in [0.29, 0.717) is 12.8 Å². The summed E-state index contributed by atoms with van der Waals surface area (Å²) in [5.41, 5.74) is 1.53. The number of aliphatic carboxylic acids is 1. The van der Waals surface area contributed by atoms with Gasteiger partial charge in [-0.3, -0.25) is 18.6 Å². The number of hydrogen-bond donors (Lipinski definition) is 4. The van der Waals surface area contributed by atoms with Gasteiger partial charge in [0, 0.05) is 6.54 Å². The average molecular weight is 534 g/mol. The van der Waals surface area contributed by atoms with E-state index in [-0.39, 0.29) is 19.8 Å². The number of nitrogens with zero attached hydrogens (tertiary/aromatic N) is 1. The molecule has 0 bridgehead atoms. The summed E-state index contributed by atoms with van der Waals surface area (Å²) in [5.74, 6) is -2.57. The Kier molecular flexibility index (Phi) is 10.4. The van der Waals surface area contributed by atoms with Gasteiger partial charge in [-0.1, -0.05) is 60.7 Å². The molecular weight excluding hydrogens is 501 g/mol. The Morgan fingerprint density at radius 3 is 2.05 bits per heavy atom. The summed E-state index contributed by atoms with van der Waals surface area (Å²) in [6, 6.07) is 14.7. The first-order chi connectivity index (χ1) is 17.7. The highest BCUT2D eigenvalue weighted by atomic mass is 31.2. The van der Waals surface area contributed by atoms with Crippen LogP contribution in [0.4, 0.5) is 0 Å². The van der Waals surface area contributed by atoms with Crippen molar-refractivity contribution in [1.82, 2.24) is 15.3 Å². The normalized spacial score (nSPS) is 17.2. The maximum Gasteiger partial charge on any atom is 0.406 e. The van der Waals surface area contributed by atoms with Crippen LogP contribution >= 0.6 is 7.75 Å². The molecule has 4 N–H and O–H groups in total. The molecule has 0 radical (unpaired) electrons. The van der Waals surface area contributed by atoms with Crippen molar-refractivity contribution >= 4 is 25.5 Å². The molecule has 0 spiro atoms. The van der Waals surface area contributed by atoms with Gasteiger partial charge >= 0.3 is 13.7 Å². The molecule has 1 fully saturated rings. The highest BCUT2D eigenvalue weighted by molar-refractivity contribution is 7.51. The van der Waals surface area contributed by atoms with Crippen molar-refractivity contribution in [3.63, 3.8) is 0 Å². The van der Waals surface area contributed by atoms with Crippen molar-refractivity contribution in [1.29, 1.82) is 0 Å². The zero-order valence-electron chi connectivity index (χ0n) is 20.5. The summed E-state index contributed by atoms with van der Waals surface area (Å²) in [6.45, 7) is 0.939. The van der Waals surface area contributed by atoms with Crippen LogP contribution in [-0.2, 0) is 41.2 Å². The van der Waals surface area contributed by atoms with Gasteiger partial charge in [0.05, 0.1) is 25.9 Å². The number of aliphatic hydroxyl groups excluding tert-OH is 1. The number of amides is 2. The lowest BCUT2D eigenvalue weighted by Gasteiger charge is -2.29. The molecule has 0 aliphatic carbocycles. The molecule has 2 amide bonds. The van der Waals surface area contributed by atoms with Crippen LogP contribution in [0.3, 0.4) is 0 Å². The van der Waals surface area contributed by atoms with Gasteiger partial charge in [0.25, 0.3) is 0 Å². The highest BCUT2D eigenvalue weighted by Crippen LogP contribution is 2.46. The van der Waals surface area contributed by atoms with Crippen molar-refractivity contribution in [2.24, 2.45) is 0 Å². The number of aliphatic hydroxyl groups is 1. The number of benzene rings is 2. The number of carboxylic acids is 1. The molecule has 2 aromatic rings. The molecule has 0 saturated carbocycles. The monoisotopic (exact) mass is 533 g/mol. The first-order valence-electron chi connectivity index (χ1n) is 11.9. The quantitative estimate of drug-likeness (QED) is 0.283. The van der Waals surface area contributed by atoms with Gasteiger partial charge in [0.2, 0.25) is 11.8 Å². The molecule has 0 aromatic heterocycles. The number of carboxylic acid groups (broad SMARTS) is 1. The minimum atomic E-state index is -3.99. The standard InChI is InChI=1S/C25H32N3O8P/c1-18(24(31)28-14-8-13-22(28)23(30)26-21(15-29)25(32)33)27-37(34,35-16-19-9-4-2-5-10-19)36-17-20-11-6-3-7-12-20/h2-7,9-12,18,21-22,29H,8,13-17H2,1H3,(H,26,30)(H,27,34)(H,32,33). The second-order valence-electron chi connectivity index (χ2n) is 8.64. The molecule has 1 aliphatic heterocycles. The van der Waals surface area contributed by atoms with Crippen molar-refractivity contribution in [3.8, 4) is 0 Å². The van der Waals surface area contributed by atoms with Crippen LogP contribution in [0.5, 0.6) is 0 Å². The van der Waals surface area contributed by atoms with Crippen LogP contribution in [0.2, 0.25) is 0 Å². The predicted octanol–water partition coefficient (Wildman–Crippen LogP) is 2.06. The Morgan fingerprint density at radius 2 is 1.57 bits per heavy atom.